The smallest absolute Gasteiger partial charge is 0.244 e. The number of hydrogen-bond acceptors (Lipinski definition) is 3. The Bertz CT molecular complexity index is 454. The van der Waals surface area contributed by atoms with Crippen LogP contribution in [0.5, 0.6) is 5.75 Å². The van der Waals surface area contributed by atoms with Gasteiger partial charge < -0.3 is 15.8 Å². The second kappa shape index (κ2) is 7.66. The summed E-state index contributed by atoms with van der Waals surface area (Å²) in [4.78, 5) is 12.3. The third-order valence-electron chi connectivity index (χ3n) is 3.68. The van der Waals surface area contributed by atoms with E-state index in [0.717, 1.165) is 37.1 Å². The number of benzene rings is 1. The largest absolute Gasteiger partial charge is 0.491 e. The zero-order valence-corrected chi connectivity index (χ0v) is 13.5. The molecule has 0 radical (unpaired) electrons. The molecule has 0 spiro atoms. The Labute approximate surface area is 132 Å². The van der Waals surface area contributed by atoms with Crippen LogP contribution < -0.4 is 15.8 Å². The van der Waals surface area contributed by atoms with Gasteiger partial charge >= 0.3 is 0 Å². The van der Waals surface area contributed by atoms with Crippen LogP contribution in [0.2, 0.25) is 0 Å². The summed E-state index contributed by atoms with van der Waals surface area (Å²) in [6.45, 7) is 3.97. The maximum Gasteiger partial charge on any atom is 0.244 e. The number of anilines is 1. The first kappa shape index (κ1) is 17.8. The molecule has 1 aliphatic carbocycles. The van der Waals surface area contributed by atoms with Crippen LogP contribution in [0, 0.1) is 0 Å². The number of rotatable bonds is 4. The molecule has 5 heteroatoms. The Balaban J connectivity index is 0.00000220. The lowest BCUT2D eigenvalue weighted by Crippen LogP contribution is -2.52. The highest BCUT2D eigenvalue weighted by molar-refractivity contribution is 5.98. The van der Waals surface area contributed by atoms with Crippen LogP contribution in [0.1, 0.15) is 46.0 Å². The molecule has 0 bridgehead atoms. The minimum atomic E-state index is -0.703. The first-order valence-electron chi connectivity index (χ1n) is 7.37. The van der Waals surface area contributed by atoms with Crippen LogP contribution in [0.3, 0.4) is 0 Å². The molecular weight excluding hydrogens is 288 g/mol. The standard InChI is InChI=1S/C16H24N2O2.ClH/c1-12(2)20-14-8-6-13(7-9-14)18-15(19)16(17)10-4-3-5-11-16;/h6-9,12H,3-5,10-11,17H2,1-2H3,(H,18,19);1H. The van der Waals surface area contributed by atoms with Crippen LogP contribution >= 0.6 is 12.4 Å². The topological polar surface area (TPSA) is 64.3 Å². The zero-order chi connectivity index (χ0) is 14.6. The Hall–Kier alpha value is -1.26. The molecule has 4 nitrogen and oxygen atoms in total. The summed E-state index contributed by atoms with van der Waals surface area (Å²) >= 11 is 0. The van der Waals surface area contributed by atoms with E-state index in [0.29, 0.717) is 0 Å². The van der Waals surface area contributed by atoms with E-state index < -0.39 is 5.54 Å². The van der Waals surface area contributed by atoms with Crippen LogP contribution in [0.4, 0.5) is 5.69 Å². The fourth-order valence-corrected chi connectivity index (χ4v) is 2.55. The van der Waals surface area contributed by atoms with E-state index in [1.165, 1.54) is 6.42 Å². The lowest BCUT2D eigenvalue weighted by atomic mass is 9.82. The van der Waals surface area contributed by atoms with Crippen molar-refractivity contribution < 1.29 is 9.53 Å². The third kappa shape index (κ3) is 4.90. The molecule has 1 amide bonds. The summed E-state index contributed by atoms with van der Waals surface area (Å²) in [5.74, 6) is 0.729. The van der Waals surface area contributed by atoms with Gasteiger partial charge in [-0.1, -0.05) is 19.3 Å². The minimum Gasteiger partial charge on any atom is -0.491 e. The van der Waals surface area contributed by atoms with Crippen molar-refractivity contribution >= 4 is 24.0 Å². The summed E-state index contributed by atoms with van der Waals surface area (Å²) in [7, 11) is 0. The molecule has 1 aromatic carbocycles. The molecule has 118 valence electrons. The Morgan fingerprint density at radius 1 is 1.19 bits per heavy atom. The lowest BCUT2D eigenvalue weighted by molar-refractivity contribution is -0.122. The molecule has 2 rings (SSSR count). The number of halogens is 1. The number of ether oxygens (including phenoxy) is 1. The van der Waals surface area contributed by atoms with Gasteiger partial charge in [0.15, 0.2) is 0 Å². The minimum absolute atomic E-state index is 0. The predicted molar refractivity (Wildman–Crippen MR) is 88.1 cm³/mol. The van der Waals surface area contributed by atoms with Gasteiger partial charge in [-0.3, -0.25) is 4.79 Å². The average Bonchev–Trinajstić information content (AvgIpc) is 2.41. The van der Waals surface area contributed by atoms with Gasteiger partial charge in [-0.05, 0) is 51.0 Å². The van der Waals surface area contributed by atoms with Crippen molar-refractivity contribution in [2.75, 3.05) is 5.32 Å². The number of amides is 1. The first-order valence-corrected chi connectivity index (χ1v) is 7.37. The van der Waals surface area contributed by atoms with Gasteiger partial charge in [0.05, 0.1) is 11.6 Å². The van der Waals surface area contributed by atoms with Crippen molar-refractivity contribution in [3.05, 3.63) is 24.3 Å². The van der Waals surface area contributed by atoms with Gasteiger partial charge in [0, 0.05) is 5.69 Å². The summed E-state index contributed by atoms with van der Waals surface area (Å²) in [6, 6.07) is 7.42. The summed E-state index contributed by atoms with van der Waals surface area (Å²) in [5.41, 5.74) is 6.27. The van der Waals surface area contributed by atoms with Gasteiger partial charge in [-0.15, -0.1) is 12.4 Å². The Morgan fingerprint density at radius 3 is 2.29 bits per heavy atom. The molecule has 21 heavy (non-hydrogen) atoms. The Morgan fingerprint density at radius 2 is 1.76 bits per heavy atom. The van der Waals surface area contributed by atoms with Crippen molar-refractivity contribution in [3.63, 3.8) is 0 Å². The molecular formula is C16H25ClN2O2. The summed E-state index contributed by atoms with van der Waals surface area (Å²) in [5, 5.41) is 2.91. The number of carbonyl (C=O) groups excluding carboxylic acids is 1. The van der Waals surface area contributed by atoms with Crippen LogP contribution in [0.15, 0.2) is 24.3 Å². The van der Waals surface area contributed by atoms with E-state index in [4.69, 9.17) is 10.5 Å². The zero-order valence-electron chi connectivity index (χ0n) is 12.7. The van der Waals surface area contributed by atoms with Crippen molar-refractivity contribution in [1.29, 1.82) is 0 Å². The van der Waals surface area contributed by atoms with Gasteiger partial charge in [0.2, 0.25) is 5.91 Å². The number of nitrogens with one attached hydrogen (secondary N) is 1. The van der Waals surface area contributed by atoms with Gasteiger partial charge in [0.1, 0.15) is 5.75 Å². The molecule has 0 heterocycles. The molecule has 1 aliphatic rings. The van der Waals surface area contributed by atoms with Crippen molar-refractivity contribution in [2.24, 2.45) is 5.73 Å². The predicted octanol–water partition coefficient (Wildman–Crippen LogP) is 3.50. The molecule has 1 saturated carbocycles. The van der Waals surface area contributed by atoms with Gasteiger partial charge in [-0.25, -0.2) is 0 Å². The van der Waals surface area contributed by atoms with E-state index in [2.05, 4.69) is 5.32 Å². The van der Waals surface area contributed by atoms with E-state index in [1.54, 1.807) is 0 Å². The van der Waals surface area contributed by atoms with E-state index in [1.807, 2.05) is 38.1 Å². The first-order chi connectivity index (χ1) is 9.49. The second-order valence-corrected chi connectivity index (χ2v) is 5.86. The summed E-state index contributed by atoms with van der Waals surface area (Å²) in [6.07, 6.45) is 4.93. The molecule has 1 aromatic rings. The molecule has 0 aromatic heterocycles. The number of carbonyl (C=O) groups is 1. The maximum atomic E-state index is 12.3. The number of hydrogen-bond donors (Lipinski definition) is 2. The van der Waals surface area contributed by atoms with Gasteiger partial charge in [-0.2, -0.15) is 0 Å². The fraction of sp³-hybridized carbons (Fsp3) is 0.562. The molecule has 0 unspecified atom stereocenters. The van der Waals surface area contributed by atoms with E-state index >= 15 is 0 Å². The SMILES string of the molecule is CC(C)Oc1ccc(NC(=O)C2(N)CCCCC2)cc1.Cl. The van der Waals surface area contributed by atoms with Crippen LogP contribution in [-0.4, -0.2) is 17.6 Å². The highest BCUT2D eigenvalue weighted by atomic mass is 35.5. The third-order valence-corrected chi connectivity index (χ3v) is 3.68. The van der Waals surface area contributed by atoms with E-state index in [9.17, 15) is 4.79 Å². The Kier molecular flexibility index (Phi) is 6.49. The summed E-state index contributed by atoms with van der Waals surface area (Å²) < 4.78 is 5.57. The monoisotopic (exact) mass is 312 g/mol. The molecule has 1 fully saturated rings. The van der Waals surface area contributed by atoms with Crippen molar-refractivity contribution in [2.45, 2.75) is 57.6 Å². The lowest BCUT2D eigenvalue weighted by Gasteiger charge is -2.31. The molecule has 0 atom stereocenters. The average molecular weight is 313 g/mol. The maximum absolute atomic E-state index is 12.3. The number of nitrogens with two attached hydrogens (primary N) is 1. The quantitative estimate of drug-likeness (QED) is 0.894. The highest BCUT2D eigenvalue weighted by Crippen LogP contribution is 2.27. The second-order valence-electron chi connectivity index (χ2n) is 5.86. The van der Waals surface area contributed by atoms with Crippen molar-refractivity contribution in [1.82, 2.24) is 0 Å². The van der Waals surface area contributed by atoms with Crippen molar-refractivity contribution in [3.8, 4) is 5.75 Å². The van der Waals surface area contributed by atoms with Gasteiger partial charge in [0.25, 0.3) is 0 Å². The fourth-order valence-electron chi connectivity index (χ4n) is 2.55. The molecule has 0 aliphatic heterocycles. The van der Waals surface area contributed by atoms with E-state index in [-0.39, 0.29) is 24.4 Å². The van der Waals surface area contributed by atoms with Crippen LogP contribution in [0.25, 0.3) is 0 Å². The highest BCUT2D eigenvalue weighted by Gasteiger charge is 2.35. The van der Waals surface area contributed by atoms with Crippen LogP contribution in [-0.2, 0) is 4.79 Å². The normalized spacial score (nSPS) is 17.0. The molecule has 3 N–H and O–H groups in total. The molecule has 0 saturated heterocycles.